The summed E-state index contributed by atoms with van der Waals surface area (Å²) in [6.07, 6.45) is 1.83. The van der Waals surface area contributed by atoms with Crippen LogP contribution >= 0.6 is 0 Å². The molecule has 176 valence electrons. The number of aliphatic hydroxyl groups excluding tert-OH is 1. The second-order valence-electron chi connectivity index (χ2n) is 8.60. The Kier molecular flexibility index (Phi) is 7.75. The van der Waals surface area contributed by atoms with Crippen molar-refractivity contribution in [2.45, 2.75) is 39.3 Å². The first-order valence-corrected chi connectivity index (χ1v) is 11.6. The van der Waals surface area contributed by atoms with Crippen LogP contribution in [0.25, 0.3) is 5.69 Å². The van der Waals surface area contributed by atoms with Gasteiger partial charge in [-0.15, -0.1) is 0 Å². The lowest BCUT2D eigenvalue weighted by atomic mass is 10.2. The molecule has 1 unspecified atom stereocenters. The second-order valence-corrected chi connectivity index (χ2v) is 8.60. The maximum absolute atomic E-state index is 14.5. The molecule has 7 heteroatoms. The summed E-state index contributed by atoms with van der Waals surface area (Å²) in [6, 6.07) is 16.1. The lowest BCUT2D eigenvalue weighted by Crippen LogP contribution is -2.36. The third-order valence-corrected chi connectivity index (χ3v) is 5.76. The molecule has 0 bridgehead atoms. The van der Waals surface area contributed by atoms with Gasteiger partial charge in [0.25, 0.3) is 0 Å². The molecule has 0 spiro atoms. The summed E-state index contributed by atoms with van der Waals surface area (Å²) in [4.78, 5) is 2.23. The number of aryl methyl sites for hydroxylation is 1. The van der Waals surface area contributed by atoms with E-state index < -0.39 is 11.9 Å². The maximum Gasteiger partial charge on any atom is 0.227 e. The predicted molar refractivity (Wildman–Crippen MR) is 125 cm³/mol. The minimum absolute atomic E-state index is 0.154. The minimum Gasteiger partial charge on any atom is -0.435 e. The quantitative estimate of drug-likeness (QED) is 0.430. The Bertz CT molecular complexity index is 1040. The van der Waals surface area contributed by atoms with Crippen molar-refractivity contribution < 1.29 is 19.0 Å². The average Bonchev–Trinajstić information content (AvgIpc) is 3.58. The van der Waals surface area contributed by atoms with Gasteiger partial charge in [0.05, 0.1) is 29.7 Å². The van der Waals surface area contributed by atoms with Crippen LogP contribution in [0.2, 0.25) is 0 Å². The van der Waals surface area contributed by atoms with E-state index in [-0.39, 0.29) is 5.75 Å². The molecule has 2 aromatic carbocycles. The lowest BCUT2D eigenvalue weighted by Gasteiger charge is -2.25. The van der Waals surface area contributed by atoms with Crippen LogP contribution < -0.4 is 4.74 Å². The van der Waals surface area contributed by atoms with Gasteiger partial charge >= 0.3 is 0 Å². The van der Waals surface area contributed by atoms with Crippen molar-refractivity contribution in [2.24, 2.45) is 5.92 Å². The van der Waals surface area contributed by atoms with E-state index in [1.807, 2.05) is 44.2 Å². The van der Waals surface area contributed by atoms with Gasteiger partial charge in [0, 0.05) is 26.2 Å². The SMILES string of the molecule is CCOCC(O)CN(Cc1c(C)nn(-c2ccccc2)c1Oc1ccccc1F)CC1CC1. The number of benzene rings is 2. The molecule has 1 aromatic heterocycles. The van der Waals surface area contributed by atoms with Gasteiger partial charge in [-0.05, 0) is 56.9 Å². The lowest BCUT2D eigenvalue weighted by molar-refractivity contribution is 0.0186. The largest absolute Gasteiger partial charge is 0.435 e. The summed E-state index contributed by atoms with van der Waals surface area (Å²) < 4.78 is 27.8. The first-order chi connectivity index (χ1) is 16.0. The number of aliphatic hydroxyl groups is 1. The number of hydrogen-bond acceptors (Lipinski definition) is 5. The van der Waals surface area contributed by atoms with Crippen molar-refractivity contribution in [3.63, 3.8) is 0 Å². The second kappa shape index (κ2) is 10.9. The van der Waals surface area contributed by atoms with E-state index in [2.05, 4.69) is 4.90 Å². The molecule has 1 saturated carbocycles. The van der Waals surface area contributed by atoms with Crippen molar-refractivity contribution in [2.75, 3.05) is 26.3 Å². The maximum atomic E-state index is 14.5. The highest BCUT2D eigenvalue weighted by molar-refractivity contribution is 5.43. The molecule has 6 nitrogen and oxygen atoms in total. The summed E-state index contributed by atoms with van der Waals surface area (Å²) in [5.41, 5.74) is 2.53. The molecule has 1 fully saturated rings. The highest BCUT2D eigenvalue weighted by Gasteiger charge is 2.28. The monoisotopic (exact) mass is 453 g/mol. The fraction of sp³-hybridized carbons (Fsp3) is 0.423. The van der Waals surface area contributed by atoms with E-state index in [0.29, 0.717) is 38.1 Å². The third kappa shape index (κ3) is 6.19. The number of ether oxygens (including phenoxy) is 2. The Hall–Kier alpha value is -2.74. The molecule has 0 saturated heterocycles. The summed E-state index contributed by atoms with van der Waals surface area (Å²) in [7, 11) is 0. The van der Waals surface area contributed by atoms with Gasteiger partial charge < -0.3 is 14.6 Å². The van der Waals surface area contributed by atoms with Crippen molar-refractivity contribution in [1.29, 1.82) is 0 Å². The molecule has 0 aliphatic heterocycles. The number of nitrogens with zero attached hydrogens (tertiary/aromatic N) is 3. The Labute approximate surface area is 194 Å². The van der Waals surface area contributed by atoms with Gasteiger partial charge in [-0.3, -0.25) is 4.90 Å². The Morgan fingerprint density at radius 3 is 2.58 bits per heavy atom. The highest BCUT2D eigenvalue weighted by atomic mass is 19.1. The molecule has 33 heavy (non-hydrogen) atoms. The van der Waals surface area contributed by atoms with E-state index >= 15 is 0 Å². The molecule has 0 radical (unpaired) electrons. The molecule has 4 rings (SSSR count). The van der Waals surface area contributed by atoms with Crippen molar-refractivity contribution in [3.05, 3.63) is 71.7 Å². The molecule has 0 amide bonds. The van der Waals surface area contributed by atoms with Crippen LogP contribution in [0.15, 0.2) is 54.6 Å². The van der Waals surface area contributed by atoms with Crippen LogP contribution in [0.3, 0.4) is 0 Å². The number of hydrogen-bond donors (Lipinski definition) is 1. The average molecular weight is 454 g/mol. The minimum atomic E-state index is -0.580. The summed E-state index contributed by atoms with van der Waals surface area (Å²) in [6.45, 7) is 6.66. The molecular formula is C26H32FN3O3. The number of rotatable bonds is 12. The van der Waals surface area contributed by atoms with Gasteiger partial charge in [0.1, 0.15) is 0 Å². The van der Waals surface area contributed by atoms with Crippen LogP contribution in [-0.4, -0.2) is 52.2 Å². The van der Waals surface area contributed by atoms with Crippen LogP contribution in [0.5, 0.6) is 11.6 Å². The van der Waals surface area contributed by atoms with Crippen LogP contribution in [0.1, 0.15) is 31.0 Å². The molecular weight excluding hydrogens is 421 g/mol. The van der Waals surface area contributed by atoms with Gasteiger partial charge in [0.2, 0.25) is 5.88 Å². The van der Waals surface area contributed by atoms with Gasteiger partial charge in [-0.1, -0.05) is 30.3 Å². The van der Waals surface area contributed by atoms with E-state index in [0.717, 1.165) is 23.5 Å². The van der Waals surface area contributed by atoms with E-state index in [1.165, 1.54) is 18.9 Å². The highest BCUT2D eigenvalue weighted by Crippen LogP contribution is 2.34. The van der Waals surface area contributed by atoms with Crippen molar-refractivity contribution >= 4 is 0 Å². The van der Waals surface area contributed by atoms with E-state index in [4.69, 9.17) is 14.6 Å². The summed E-state index contributed by atoms with van der Waals surface area (Å²) in [5, 5.41) is 15.2. The predicted octanol–water partition coefficient (Wildman–Crippen LogP) is 4.72. The number of aromatic nitrogens is 2. The van der Waals surface area contributed by atoms with Crippen molar-refractivity contribution in [3.8, 4) is 17.3 Å². The fourth-order valence-electron chi connectivity index (χ4n) is 3.90. The van der Waals surface area contributed by atoms with E-state index in [9.17, 15) is 9.50 Å². The van der Waals surface area contributed by atoms with Crippen LogP contribution in [-0.2, 0) is 11.3 Å². The van der Waals surface area contributed by atoms with Gasteiger partial charge in [-0.2, -0.15) is 5.10 Å². The Balaban J connectivity index is 1.66. The standard InChI is InChI=1S/C26H32FN3O3/c1-3-32-18-22(31)16-29(15-20-13-14-20)17-23-19(2)28-30(21-9-5-4-6-10-21)26(23)33-25-12-8-7-11-24(25)27/h4-12,20,22,31H,3,13-18H2,1-2H3. The Morgan fingerprint density at radius 1 is 1.15 bits per heavy atom. The van der Waals surface area contributed by atoms with Gasteiger partial charge in [-0.25, -0.2) is 9.07 Å². The zero-order valence-electron chi connectivity index (χ0n) is 19.3. The summed E-state index contributed by atoms with van der Waals surface area (Å²) in [5.74, 6) is 0.860. The molecule has 1 heterocycles. The van der Waals surface area contributed by atoms with Crippen LogP contribution in [0, 0.1) is 18.7 Å². The summed E-state index contributed by atoms with van der Waals surface area (Å²) >= 11 is 0. The topological polar surface area (TPSA) is 59.8 Å². The van der Waals surface area contributed by atoms with E-state index in [1.54, 1.807) is 22.9 Å². The van der Waals surface area contributed by atoms with Crippen LogP contribution in [0.4, 0.5) is 4.39 Å². The zero-order valence-corrected chi connectivity index (χ0v) is 19.3. The molecule has 1 aliphatic rings. The normalized spacial score (nSPS) is 14.6. The Morgan fingerprint density at radius 2 is 1.88 bits per heavy atom. The zero-order chi connectivity index (χ0) is 23.2. The first-order valence-electron chi connectivity index (χ1n) is 11.6. The molecule has 1 aliphatic carbocycles. The van der Waals surface area contributed by atoms with Crippen molar-refractivity contribution in [1.82, 2.24) is 14.7 Å². The smallest absolute Gasteiger partial charge is 0.227 e. The molecule has 1 N–H and O–H groups in total. The number of para-hydroxylation sites is 2. The third-order valence-electron chi connectivity index (χ3n) is 5.76. The fourth-order valence-corrected chi connectivity index (χ4v) is 3.90. The van der Waals surface area contributed by atoms with Gasteiger partial charge in [0.15, 0.2) is 11.6 Å². The number of halogens is 1. The molecule has 3 aromatic rings. The first kappa shape index (κ1) is 23.4. The molecule has 1 atom stereocenters.